The van der Waals surface area contributed by atoms with E-state index < -0.39 is 0 Å². The van der Waals surface area contributed by atoms with Crippen LogP contribution in [0.2, 0.25) is 5.02 Å². The van der Waals surface area contributed by atoms with Crippen LogP contribution in [0.1, 0.15) is 35.3 Å². The highest BCUT2D eigenvalue weighted by molar-refractivity contribution is 6.32. The summed E-state index contributed by atoms with van der Waals surface area (Å²) < 4.78 is 7.15. The summed E-state index contributed by atoms with van der Waals surface area (Å²) in [6.45, 7) is 0.425. The second-order valence-electron chi connectivity index (χ2n) is 6.35. The average molecular weight is 383 g/mol. The van der Waals surface area contributed by atoms with Crippen LogP contribution in [-0.2, 0) is 18.3 Å². The van der Waals surface area contributed by atoms with Crippen LogP contribution >= 0.6 is 11.6 Å². The topological polar surface area (TPSA) is 101 Å². The molecule has 1 atom stereocenters. The molecule has 0 aliphatic carbocycles. The molecule has 3 aromatic rings. The van der Waals surface area contributed by atoms with Gasteiger partial charge in [0.05, 0.1) is 22.9 Å². The molecule has 1 saturated heterocycles. The van der Waals surface area contributed by atoms with Crippen LogP contribution in [0.5, 0.6) is 0 Å². The Hall–Kier alpha value is -3.18. The van der Waals surface area contributed by atoms with Crippen LogP contribution in [0, 0.1) is 11.3 Å². The summed E-state index contributed by atoms with van der Waals surface area (Å²) >= 11 is 6.08. The molecule has 0 bridgehead atoms. The third-order valence-electron chi connectivity index (χ3n) is 4.60. The van der Waals surface area contributed by atoms with Crippen molar-refractivity contribution in [3.05, 3.63) is 58.5 Å². The van der Waals surface area contributed by atoms with E-state index in [4.69, 9.17) is 21.4 Å². The van der Waals surface area contributed by atoms with Gasteiger partial charge >= 0.3 is 0 Å². The Morgan fingerprint density at radius 1 is 1.41 bits per heavy atom. The summed E-state index contributed by atoms with van der Waals surface area (Å²) in [7, 11) is 1.85. The number of hydrogen-bond acceptors (Lipinski definition) is 6. The zero-order chi connectivity index (χ0) is 19.0. The lowest BCUT2D eigenvalue weighted by atomic mass is 10.1. The highest BCUT2D eigenvalue weighted by atomic mass is 35.5. The Morgan fingerprint density at radius 3 is 2.96 bits per heavy atom. The Balaban J connectivity index is 1.50. The lowest BCUT2D eigenvalue weighted by Gasteiger charge is -2.16. The van der Waals surface area contributed by atoms with Crippen LogP contribution in [-0.4, -0.2) is 32.4 Å². The molecule has 27 heavy (non-hydrogen) atoms. The molecular formula is C18H15ClN6O2. The fraction of sp³-hybridized carbons (Fsp3) is 0.278. The summed E-state index contributed by atoms with van der Waals surface area (Å²) in [4.78, 5) is 18.5. The number of aryl methyl sites for hydroxylation is 1. The van der Waals surface area contributed by atoms with Gasteiger partial charge in [-0.1, -0.05) is 16.8 Å². The van der Waals surface area contributed by atoms with Gasteiger partial charge in [-0.25, -0.2) is 0 Å². The predicted octanol–water partition coefficient (Wildman–Crippen LogP) is 2.44. The van der Waals surface area contributed by atoms with Gasteiger partial charge in [0, 0.05) is 37.6 Å². The van der Waals surface area contributed by atoms with Crippen molar-refractivity contribution in [2.45, 2.75) is 18.8 Å². The number of anilines is 1. The van der Waals surface area contributed by atoms with E-state index in [2.05, 4.69) is 15.2 Å². The zero-order valence-corrected chi connectivity index (χ0v) is 15.2. The van der Waals surface area contributed by atoms with Crippen molar-refractivity contribution < 1.29 is 9.32 Å². The van der Waals surface area contributed by atoms with Gasteiger partial charge in [0.25, 0.3) is 0 Å². The molecule has 1 amide bonds. The van der Waals surface area contributed by atoms with E-state index >= 15 is 0 Å². The molecule has 1 aromatic carbocycles. The third-order valence-corrected chi connectivity index (χ3v) is 4.92. The number of rotatable bonds is 4. The maximum absolute atomic E-state index is 12.4. The van der Waals surface area contributed by atoms with Crippen molar-refractivity contribution in [3.63, 3.8) is 0 Å². The van der Waals surface area contributed by atoms with Crippen LogP contribution in [0.15, 0.2) is 35.0 Å². The number of carbonyl (C=O) groups excluding carboxylic acids is 1. The van der Waals surface area contributed by atoms with E-state index in [1.54, 1.807) is 34.0 Å². The number of benzene rings is 1. The Morgan fingerprint density at radius 2 is 2.26 bits per heavy atom. The predicted molar refractivity (Wildman–Crippen MR) is 96.2 cm³/mol. The second-order valence-corrected chi connectivity index (χ2v) is 6.76. The minimum atomic E-state index is -0.181. The number of carbonyl (C=O) groups is 1. The Labute approximate surface area is 160 Å². The molecule has 1 aliphatic rings. The highest BCUT2D eigenvalue weighted by Crippen LogP contribution is 2.33. The normalized spacial score (nSPS) is 16.7. The van der Waals surface area contributed by atoms with Crippen molar-refractivity contribution in [3.8, 4) is 6.07 Å². The molecule has 0 spiro atoms. The first kappa shape index (κ1) is 17.2. The maximum atomic E-state index is 12.4. The van der Waals surface area contributed by atoms with E-state index in [0.29, 0.717) is 41.0 Å². The molecule has 0 radical (unpaired) electrons. The standard InChI is InChI=1S/C18H15ClN6O2/c1-24-13(4-5-21-24)8-16-22-18(27-23-16)12-6-17(26)25(10-12)14-3-2-11(9-20)15(19)7-14/h2-5,7,12H,6,8,10H2,1H3. The van der Waals surface area contributed by atoms with E-state index in [0.717, 1.165) is 5.69 Å². The third kappa shape index (κ3) is 3.29. The van der Waals surface area contributed by atoms with Crippen molar-refractivity contribution in [1.82, 2.24) is 19.9 Å². The van der Waals surface area contributed by atoms with Gasteiger partial charge in [-0.15, -0.1) is 0 Å². The van der Waals surface area contributed by atoms with E-state index in [1.165, 1.54) is 0 Å². The fourth-order valence-corrected chi connectivity index (χ4v) is 3.34. The Bertz CT molecular complexity index is 1050. The SMILES string of the molecule is Cn1nccc1Cc1noc(C2CC(=O)N(c3ccc(C#N)c(Cl)c3)C2)n1. The largest absolute Gasteiger partial charge is 0.339 e. The highest BCUT2D eigenvalue weighted by Gasteiger charge is 2.35. The lowest BCUT2D eigenvalue weighted by molar-refractivity contribution is -0.117. The molecule has 0 N–H and O–H groups in total. The first-order valence-electron chi connectivity index (χ1n) is 8.34. The molecule has 4 rings (SSSR count). The number of amides is 1. The van der Waals surface area contributed by atoms with Crippen LogP contribution < -0.4 is 4.90 Å². The van der Waals surface area contributed by atoms with Gasteiger partial charge < -0.3 is 9.42 Å². The molecule has 2 aromatic heterocycles. The van der Waals surface area contributed by atoms with E-state index in [-0.39, 0.29) is 18.2 Å². The molecule has 1 fully saturated rings. The van der Waals surface area contributed by atoms with Crippen LogP contribution in [0.3, 0.4) is 0 Å². The zero-order valence-electron chi connectivity index (χ0n) is 14.5. The molecular weight excluding hydrogens is 368 g/mol. The lowest BCUT2D eigenvalue weighted by Crippen LogP contribution is -2.24. The van der Waals surface area contributed by atoms with Gasteiger partial charge in [0.1, 0.15) is 6.07 Å². The molecule has 136 valence electrons. The van der Waals surface area contributed by atoms with Gasteiger partial charge in [-0.3, -0.25) is 9.48 Å². The summed E-state index contributed by atoms with van der Waals surface area (Å²) in [6.07, 6.45) is 2.51. The van der Waals surface area contributed by atoms with Crippen molar-refractivity contribution in [2.75, 3.05) is 11.4 Å². The number of nitrogens with zero attached hydrogens (tertiary/aromatic N) is 6. The number of halogens is 1. The quantitative estimate of drug-likeness (QED) is 0.686. The molecule has 1 unspecified atom stereocenters. The maximum Gasteiger partial charge on any atom is 0.232 e. The van der Waals surface area contributed by atoms with Gasteiger partial charge in [0.2, 0.25) is 11.8 Å². The minimum absolute atomic E-state index is 0.0489. The van der Waals surface area contributed by atoms with Gasteiger partial charge in [-0.2, -0.15) is 15.3 Å². The van der Waals surface area contributed by atoms with E-state index in [9.17, 15) is 4.79 Å². The summed E-state index contributed by atoms with van der Waals surface area (Å²) in [5, 5.41) is 17.4. The summed E-state index contributed by atoms with van der Waals surface area (Å²) in [5.74, 6) is 0.774. The van der Waals surface area contributed by atoms with Gasteiger partial charge in [-0.05, 0) is 24.3 Å². The minimum Gasteiger partial charge on any atom is -0.339 e. The smallest absolute Gasteiger partial charge is 0.232 e. The summed E-state index contributed by atoms with van der Waals surface area (Å²) in [5.41, 5.74) is 2.00. The van der Waals surface area contributed by atoms with Crippen molar-refractivity contribution in [2.24, 2.45) is 7.05 Å². The van der Waals surface area contributed by atoms with Crippen molar-refractivity contribution in [1.29, 1.82) is 5.26 Å². The molecule has 0 saturated carbocycles. The molecule has 1 aliphatic heterocycles. The monoisotopic (exact) mass is 382 g/mol. The van der Waals surface area contributed by atoms with Crippen LogP contribution in [0.25, 0.3) is 0 Å². The number of nitriles is 1. The van der Waals surface area contributed by atoms with Crippen LogP contribution in [0.4, 0.5) is 5.69 Å². The molecule has 3 heterocycles. The Kier molecular flexibility index (Phi) is 4.38. The number of hydrogen-bond donors (Lipinski definition) is 0. The van der Waals surface area contributed by atoms with E-state index in [1.807, 2.05) is 19.2 Å². The number of aromatic nitrogens is 4. The average Bonchev–Trinajstić information content (AvgIpc) is 3.36. The second kappa shape index (κ2) is 6.85. The first-order valence-corrected chi connectivity index (χ1v) is 8.72. The molecule has 8 nitrogen and oxygen atoms in total. The van der Waals surface area contributed by atoms with Gasteiger partial charge in [0.15, 0.2) is 5.82 Å². The fourth-order valence-electron chi connectivity index (χ4n) is 3.13. The first-order chi connectivity index (χ1) is 13.0. The molecule has 9 heteroatoms. The van der Waals surface area contributed by atoms with Crippen molar-refractivity contribution >= 4 is 23.2 Å². The summed E-state index contributed by atoms with van der Waals surface area (Å²) in [6, 6.07) is 8.85.